The summed E-state index contributed by atoms with van der Waals surface area (Å²) in [7, 11) is -0.433. The van der Waals surface area contributed by atoms with E-state index in [0.717, 1.165) is 0 Å². The van der Waals surface area contributed by atoms with Gasteiger partial charge >= 0.3 is 0 Å². The van der Waals surface area contributed by atoms with Gasteiger partial charge in [0.1, 0.15) is 0 Å². The molecule has 0 aromatic heterocycles. The highest BCUT2D eigenvalue weighted by molar-refractivity contribution is 8.07. The van der Waals surface area contributed by atoms with Gasteiger partial charge < -0.3 is 0 Å². The van der Waals surface area contributed by atoms with Gasteiger partial charge in [0.15, 0.2) is 0 Å². The van der Waals surface area contributed by atoms with Crippen LogP contribution in [0.1, 0.15) is 80.1 Å². The van der Waals surface area contributed by atoms with E-state index in [0.29, 0.717) is 0 Å². The molecule has 0 amide bonds. The predicted octanol–water partition coefficient (Wildman–Crippen LogP) is 8.02. The Bertz CT molecular complexity index is 185. The second kappa shape index (κ2) is 12.3. The Morgan fingerprint density at radius 3 is 0.762 bits per heavy atom. The van der Waals surface area contributed by atoms with Crippen molar-refractivity contribution in [2.75, 3.05) is 0 Å². The lowest BCUT2D eigenvalue weighted by Crippen LogP contribution is -2.39. The minimum absolute atomic E-state index is 0.953. The second-order valence-electron chi connectivity index (χ2n) is 7.19. The Morgan fingerprint density at radius 1 is 0.429 bits per heavy atom. The van der Waals surface area contributed by atoms with E-state index in [1.54, 1.807) is 36.3 Å². The molecule has 0 radical (unpaired) electrons. The maximum Gasteiger partial charge on any atom is 0.0739 e. The quantitative estimate of drug-likeness (QED) is 0.221. The van der Waals surface area contributed by atoms with E-state index in [-0.39, 0.29) is 0 Å². The smallest absolute Gasteiger partial charge is 0.0739 e. The van der Waals surface area contributed by atoms with Crippen molar-refractivity contribution in [3.05, 3.63) is 0 Å². The van der Waals surface area contributed by atoms with Gasteiger partial charge in [-0.05, 0) is 0 Å². The topological polar surface area (TPSA) is 0 Å². The predicted molar refractivity (Wildman–Crippen MR) is 110 cm³/mol. The van der Waals surface area contributed by atoms with E-state index in [1.165, 1.54) is 46.2 Å². The minimum atomic E-state index is -0.953. The SMILES string of the molecule is CCC[Si](CCC)(CCC)P[Si](CCC)(CCC)CCC. The molecular weight excluding hydrogens is 303 g/mol. The van der Waals surface area contributed by atoms with Crippen molar-refractivity contribution in [1.82, 2.24) is 0 Å². The molecule has 128 valence electrons. The summed E-state index contributed by atoms with van der Waals surface area (Å²) in [6.07, 6.45) is 8.71. The summed E-state index contributed by atoms with van der Waals surface area (Å²) >= 11 is 0. The zero-order valence-corrected chi connectivity index (χ0v) is 19.0. The van der Waals surface area contributed by atoms with E-state index >= 15 is 0 Å². The molecule has 0 aromatic carbocycles. The van der Waals surface area contributed by atoms with Crippen LogP contribution >= 0.6 is 7.68 Å². The third-order valence-corrected chi connectivity index (χ3v) is 31.9. The Kier molecular flexibility index (Phi) is 12.8. The maximum atomic E-state index is 2.44. The molecule has 0 atom stereocenters. The molecule has 0 spiro atoms. The molecular formula is C18H43PSi2. The van der Waals surface area contributed by atoms with Gasteiger partial charge in [-0.1, -0.05) is 116 Å². The van der Waals surface area contributed by atoms with Crippen LogP contribution in [0.2, 0.25) is 36.3 Å². The van der Waals surface area contributed by atoms with E-state index < -0.39 is 15.5 Å². The summed E-state index contributed by atoms with van der Waals surface area (Å²) in [6.45, 7) is 14.7. The molecule has 0 saturated heterocycles. The summed E-state index contributed by atoms with van der Waals surface area (Å²) < 4.78 is 0. The fourth-order valence-electron chi connectivity index (χ4n) is 4.56. The van der Waals surface area contributed by atoms with Crippen LogP contribution in [0.25, 0.3) is 0 Å². The molecule has 0 fully saturated rings. The standard InChI is InChI=1S/C18H43PSi2/c1-7-13-20(14-8-2,15-9-3)19-21(16-10-4,17-11-5)18-12-6/h19H,7-18H2,1-6H3. The normalized spacial score (nSPS) is 12.9. The van der Waals surface area contributed by atoms with Crippen LogP contribution in [0, 0.1) is 0 Å². The highest BCUT2D eigenvalue weighted by Gasteiger charge is 2.40. The van der Waals surface area contributed by atoms with Crippen molar-refractivity contribution in [2.24, 2.45) is 0 Å². The fraction of sp³-hybridized carbons (Fsp3) is 1.00. The van der Waals surface area contributed by atoms with Crippen molar-refractivity contribution >= 4 is 23.2 Å². The average molecular weight is 347 g/mol. The van der Waals surface area contributed by atoms with Crippen LogP contribution in [-0.4, -0.2) is 15.5 Å². The Labute approximate surface area is 139 Å². The molecule has 0 aliphatic carbocycles. The highest BCUT2D eigenvalue weighted by atomic mass is 31.6. The molecule has 0 aliphatic heterocycles. The summed E-state index contributed by atoms with van der Waals surface area (Å²) in [5.74, 6) is 0. The monoisotopic (exact) mass is 346 g/mol. The maximum absolute atomic E-state index is 2.44. The van der Waals surface area contributed by atoms with Crippen molar-refractivity contribution < 1.29 is 0 Å². The van der Waals surface area contributed by atoms with Crippen LogP contribution in [0.15, 0.2) is 0 Å². The van der Waals surface area contributed by atoms with Crippen LogP contribution in [0.5, 0.6) is 0 Å². The first-order valence-electron chi connectivity index (χ1n) is 9.86. The molecule has 0 aliphatic rings. The van der Waals surface area contributed by atoms with Gasteiger partial charge in [0, 0.05) is 0 Å². The summed E-state index contributed by atoms with van der Waals surface area (Å²) in [4.78, 5) is 0. The Morgan fingerprint density at radius 2 is 0.619 bits per heavy atom. The molecule has 0 saturated carbocycles. The van der Waals surface area contributed by atoms with Crippen LogP contribution in [-0.2, 0) is 0 Å². The van der Waals surface area contributed by atoms with E-state index in [9.17, 15) is 0 Å². The lowest BCUT2D eigenvalue weighted by Gasteiger charge is -2.42. The van der Waals surface area contributed by atoms with Gasteiger partial charge in [0.05, 0.1) is 15.5 Å². The highest BCUT2D eigenvalue weighted by Crippen LogP contribution is 2.52. The third-order valence-electron chi connectivity index (χ3n) is 4.90. The summed E-state index contributed by atoms with van der Waals surface area (Å²) in [6, 6.07) is 9.83. The zero-order chi connectivity index (χ0) is 16.2. The first-order valence-corrected chi connectivity index (χ1v) is 18.1. The van der Waals surface area contributed by atoms with Crippen molar-refractivity contribution in [2.45, 2.75) is 116 Å². The van der Waals surface area contributed by atoms with Crippen molar-refractivity contribution in [3.63, 3.8) is 0 Å². The summed E-state index contributed by atoms with van der Waals surface area (Å²) in [5.41, 5.74) is 0. The van der Waals surface area contributed by atoms with E-state index in [1.807, 2.05) is 0 Å². The van der Waals surface area contributed by atoms with Crippen LogP contribution < -0.4 is 0 Å². The molecule has 0 aromatic rings. The van der Waals surface area contributed by atoms with Crippen molar-refractivity contribution in [1.29, 1.82) is 0 Å². The molecule has 3 heteroatoms. The molecule has 0 unspecified atom stereocenters. The zero-order valence-electron chi connectivity index (χ0n) is 16.0. The molecule has 0 heterocycles. The first kappa shape index (κ1) is 21.9. The first-order chi connectivity index (χ1) is 10.1. The van der Waals surface area contributed by atoms with Gasteiger partial charge in [0.2, 0.25) is 0 Å². The largest absolute Gasteiger partial charge is 0.143 e. The van der Waals surface area contributed by atoms with Crippen molar-refractivity contribution in [3.8, 4) is 0 Å². The van der Waals surface area contributed by atoms with Gasteiger partial charge in [-0.15, -0.1) is 7.68 Å². The van der Waals surface area contributed by atoms with Gasteiger partial charge in [-0.2, -0.15) is 0 Å². The van der Waals surface area contributed by atoms with Gasteiger partial charge in [-0.25, -0.2) is 0 Å². The molecule has 0 N–H and O–H groups in total. The summed E-state index contributed by atoms with van der Waals surface area (Å²) in [5, 5.41) is 0. The third kappa shape index (κ3) is 7.79. The van der Waals surface area contributed by atoms with E-state index in [4.69, 9.17) is 0 Å². The molecule has 0 nitrogen and oxygen atoms in total. The number of hydrogen-bond acceptors (Lipinski definition) is 0. The van der Waals surface area contributed by atoms with Crippen LogP contribution in [0.4, 0.5) is 0 Å². The Hall–Kier alpha value is 0.864. The molecule has 21 heavy (non-hydrogen) atoms. The average Bonchev–Trinajstić information content (AvgIpc) is 2.40. The van der Waals surface area contributed by atoms with Gasteiger partial charge in [0.25, 0.3) is 0 Å². The lowest BCUT2D eigenvalue weighted by atomic mass is 10.6. The van der Waals surface area contributed by atoms with Gasteiger partial charge in [-0.3, -0.25) is 0 Å². The number of rotatable bonds is 14. The lowest BCUT2D eigenvalue weighted by molar-refractivity contribution is 0.941. The fourth-order valence-corrected chi connectivity index (χ4v) is 40.7. The molecule has 0 bridgehead atoms. The number of hydrogen-bond donors (Lipinski definition) is 0. The Balaban J connectivity index is 5.30. The van der Waals surface area contributed by atoms with E-state index in [2.05, 4.69) is 41.5 Å². The second-order valence-corrected chi connectivity index (χ2v) is 24.9. The molecule has 0 rings (SSSR count). The van der Waals surface area contributed by atoms with Crippen LogP contribution in [0.3, 0.4) is 0 Å². The minimum Gasteiger partial charge on any atom is -0.143 e.